The van der Waals surface area contributed by atoms with Gasteiger partial charge < -0.3 is 14.6 Å². The monoisotopic (exact) mass is 409 g/mol. The summed E-state index contributed by atoms with van der Waals surface area (Å²) < 4.78 is 8.16. The standard InChI is InChI=1S/C17H20BrN3O4/c1-3-13-16(23)21(17(24)19-13)10-4-6-11(7-5-10)25-14-8-15(22)20(2)9-12(14)18/h3,8-11H,4-7H2,1-2H3,(H,19,24). The molecule has 0 aromatic carbocycles. The molecule has 2 fully saturated rings. The van der Waals surface area contributed by atoms with Crippen LogP contribution in [0.4, 0.5) is 4.79 Å². The van der Waals surface area contributed by atoms with Crippen LogP contribution >= 0.6 is 15.9 Å². The van der Waals surface area contributed by atoms with E-state index >= 15 is 0 Å². The molecule has 0 spiro atoms. The number of aromatic nitrogens is 1. The van der Waals surface area contributed by atoms with Gasteiger partial charge in [0, 0.05) is 25.4 Å². The van der Waals surface area contributed by atoms with E-state index in [1.807, 2.05) is 0 Å². The van der Waals surface area contributed by atoms with Crippen LogP contribution in [-0.2, 0) is 11.8 Å². The number of nitrogens with zero attached hydrogens (tertiary/aromatic N) is 2. The fourth-order valence-corrected chi connectivity index (χ4v) is 3.76. The van der Waals surface area contributed by atoms with E-state index in [1.54, 1.807) is 26.2 Å². The van der Waals surface area contributed by atoms with Crippen LogP contribution in [0.15, 0.2) is 33.3 Å². The third-order valence-electron chi connectivity index (χ3n) is 4.65. The molecule has 0 radical (unpaired) electrons. The smallest absolute Gasteiger partial charge is 0.329 e. The molecular formula is C17H20BrN3O4. The number of nitrogens with one attached hydrogen (secondary N) is 1. The van der Waals surface area contributed by atoms with E-state index in [1.165, 1.54) is 15.5 Å². The van der Waals surface area contributed by atoms with Crippen molar-refractivity contribution in [1.82, 2.24) is 14.8 Å². The number of carbonyl (C=O) groups is 2. The number of ether oxygens (including phenoxy) is 1. The topological polar surface area (TPSA) is 80.6 Å². The first-order valence-electron chi connectivity index (χ1n) is 8.24. The highest BCUT2D eigenvalue weighted by Crippen LogP contribution is 2.31. The first-order chi connectivity index (χ1) is 11.9. The molecule has 2 aliphatic rings. The number of halogens is 1. The molecular weight excluding hydrogens is 390 g/mol. The van der Waals surface area contributed by atoms with Crippen LogP contribution in [-0.4, -0.2) is 33.6 Å². The van der Waals surface area contributed by atoms with Gasteiger partial charge in [0.05, 0.1) is 10.6 Å². The average molecular weight is 410 g/mol. The summed E-state index contributed by atoms with van der Waals surface area (Å²) in [5.41, 5.74) is 0.206. The lowest BCUT2D eigenvalue weighted by Crippen LogP contribution is -2.43. The van der Waals surface area contributed by atoms with Gasteiger partial charge in [0.1, 0.15) is 11.4 Å². The maximum absolute atomic E-state index is 12.2. The molecule has 25 heavy (non-hydrogen) atoms. The molecule has 1 saturated heterocycles. The lowest BCUT2D eigenvalue weighted by molar-refractivity contribution is -0.125. The fourth-order valence-electron chi connectivity index (χ4n) is 3.25. The lowest BCUT2D eigenvalue weighted by Gasteiger charge is -2.32. The van der Waals surface area contributed by atoms with Crippen molar-refractivity contribution in [3.63, 3.8) is 0 Å². The van der Waals surface area contributed by atoms with Gasteiger partial charge >= 0.3 is 6.03 Å². The van der Waals surface area contributed by atoms with Crippen molar-refractivity contribution in [3.8, 4) is 5.75 Å². The molecule has 1 aromatic rings. The van der Waals surface area contributed by atoms with Crippen molar-refractivity contribution < 1.29 is 14.3 Å². The Hall–Kier alpha value is -2.09. The lowest BCUT2D eigenvalue weighted by atomic mass is 9.92. The summed E-state index contributed by atoms with van der Waals surface area (Å²) >= 11 is 3.41. The summed E-state index contributed by atoms with van der Waals surface area (Å²) in [5.74, 6) is 0.268. The van der Waals surface area contributed by atoms with Crippen LogP contribution < -0.4 is 15.6 Å². The molecule has 3 amide bonds. The number of imide groups is 1. The molecule has 0 atom stereocenters. The van der Waals surface area contributed by atoms with E-state index in [0.717, 1.165) is 4.47 Å². The first kappa shape index (κ1) is 17.7. The number of hydrogen-bond donors (Lipinski definition) is 1. The van der Waals surface area contributed by atoms with E-state index in [2.05, 4.69) is 21.2 Å². The largest absolute Gasteiger partial charge is 0.489 e. The second-order valence-corrected chi connectivity index (χ2v) is 7.15. The summed E-state index contributed by atoms with van der Waals surface area (Å²) in [6, 6.07) is 1.00. The molecule has 3 rings (SSSR count). The van der Waals surface area contributed by atoms with Crippen LogP contribution in [0.2, 0.25) is 0 Å². The van der Waals surface area contributed by atoms with Gasteiger partial charge in [-0.25, -0.2) is 4.79 Å². The summed E-state index contributed by atoms with van der Waals surface area (Å²) in [6.07, 6.45) is 6.05. The predicted molar refractivity (Wildman–Crippen MR) is 95.2 cm³/mol. The molecule has 8 heteroatoms. The third-order valence-corrected chi connectivity index (χ3v) is 5.24. The quantitative estimate of drug-likeness (QED) is 0.613. The minimum absolute atomic E-state index is 0.0402. The van der Waals surface area contributed by atoms with Gasteiger partial charge in [-0.15, -0.1) is 0 Å². The van der Waals surface area contributed by atoms with E-state index in [9.17, 15) is 14.4 Å². The van der Waals surface area contributed by atoms with Gasteiger partial charge in [-0.1, -0.05) is 6.08 Å². The molecule has 1 saturated carbocycles. The molecule has 1 N–H and O–H groups in total. The van der Waals surface area contributed by atoms with Crippen LogP contribution in [0.25, 0.3) is 0 Å². The van der Waals surface area contributed by atoms with Gasteiger partial charge in [-0.05, 0) is 48.5 Å². The Labute approximate surface area is 153 Å². The van der Waals surface area contributed by atoms with Crippen LogP contribution in [0.1, 0.15) is 32.6 Å². The third kappa shape index (κ3) is 3.49. The fraction of sp³-hybridized carbons (Fsp3) is 0.471. The van der Waals surface area contributed by atoms with Gasteiger partial charge in [0.15, 0.2) is 0 Å². The van der Waals surface area contributed by atoms with E-state index in [4.69, 9.17) is 4.74 Å². The molecule has 134 valence electrons. The minimum Gasteiger partial charge on any atom is -0.489 e. The van der Waals surface area contributed by atoms with Crippen molar-refractivity contribution in [2.24, 2.45) is 7.05 Å². The van der Waals surface area contributed by atoms with Gasteiger partial charge in [0.2, 0.25) is 0 Å². The van der Waals surface area contributed by atoms with E-state index in [-0.39, 0.29) is 29.6 Å². The molecule has 2 heterocycles. The number of aryl methyl sites for hydroxylation is 1. The molecule has 1 aliphatic heterocycles. The highest BCUT2D eigenvalue weighted by atomic mass is 79.9. The van der Waals surface area contributed by atoms with E-state index in [0.29, 0.717) is 37.1 Å². The molecule has 1 aromatic heterocycles. The summed E-state index contributed by atoms with van der Waals surface area (Å²) in [7, 11) is 1.68. The molecule has 7 nitrogen and oxygen atoms in total. The van der Waals surface area contributed by atoms with Crippen LogP contribution in [0.3, 0.4) is 0 Å². The SMILES string of the molecule is CC=C1NC(=O)N(C2CCC(Oc3cc(=O)n(C)cc3Br)CC2)C1=O. The van der Waals surface area contributed by atoms with Crippen LogP contribution in [0.5, 0.6) is 5.75 Å². The highest BCUT2D eigenvalue weighted by molar-refractivity contribution is 9.10. The van der Waals surface area contributed by atoms with Crippen molar-refractivity contribution >= 4 is 27.9 Å². The van der Waals surface area contributed by atoms with Gasteiger partial charge in [0.25, 0.3) is 11.5 Å². The van der Waals surface area contributed by atoms with Crippen molar-refractivity contribution in [2.45, 2.75) is 44.8 Å². The number of carbonyl (C=O) groups excluding carboxylic acids is 2. The molecule has 0 bridgehead atoms. The van der Waals surface area contributed by atoms with Crippen molar-refractivity contribution in [3.05, 3.63) is 38.9 Å². The van der Waals surface area contributed by atoms with Crippen molar-refractivity contribution in [1.29, 1.82) is 0 Å². The Morgan fingerprint density at radius 3 is 2.52 bits per heavy atom. The molecule has 1 aliphatic carbocycles. The zero-order valence-electron chi connectivity index (χ0n) is 14.1. The maximum atomic E-state index is 12.2. The van der Waals surface area contributed by atoms with Gasteiger partial charge in [-0.2, -0.15) is 0 Å². The maximum Gasteiger partial charge on any atom is 0.329 e. The zero-order chi connectivity index (χ0) is 18.1. The number of pyridine rings is 1. The summed E-state index contributed by atoms with van der Waals surface area (Å²) in [6.45, 7) is 1.73. The summed E-state index contributed by atoms with van der Waals surface area (Å²) in [4.78, 5) is 37.3. The Morgan fingerprint density at radius 1 is 1.24 bits per heavy atom. The first-order valence-corrected chi connectivity index (χ1v) is 9.03. The Morgan fingerprint density at radius 2 is 1.92 bits per heavy atom. The zero-order valence-corrected chi connectivity index (χ0v) is 15.7. The number of amides is 3. The minimum atomic E-state index is -0.350. The number of hydrogen-bond acceptors (Lipinski definition) is 4. The molecule has 0 unspecified atom stereocenters. The van der Waals surface area contributed by atoms with Crippen molar-refractivity contribution in [2.75, 3.05) is 0 Å². The Kier molecular flexibility index (Phi) is 4.99. The number of allylic oxidation sites excluding steroid dienone is 1. The van der Waals surface area contributed by atoms with Gasteiger partial charge in [-0.3, -0.25) is 14.5 Å². The predicted octanol–water partition coefficient (Wildman–Crippen LogP) is 2.29. The highest BCUT2D eigenvalue weighted by Gasteiger charge is 2.40. The average Bonchev–Trinajstić information content (AvgIpc) is 2.87. The Balaban J connectivity index is 1.63. The Bertz CT molecular complexity index is 794. The number of urea groups is 1. The summed E-state index contributed by atoms with van der Waals surface area (Å²) in [5, 5.41) is 2.59. The van der Waals surface area contributed by atoms with Crippen LogP contribution in [0, 0.1) is 0 Å². The van der Waals surface area contributed by atoms with E-state index < -0.39 is 0 Å². The second-order valence-electron chi connectivity index (χ2n) is 6.29. The number of rotatable bonds is 3. The second kappa shape index (κ2) is 7.03. The normalized spacial score (nSPS) is 25.4.